The molecular weight excluding hydrogens is 406 g/mol. The van der Waals surface area contributed by atoms with E-state index in [1.54, 1.807) is 24.8 Å². The van der Waals surface area contributed by atoms with Gasteiger partial charge < -0.3 is 4.74 Å². The predicted molar refractivity (Wildman–Crippen MR) is 116 cm³/mol. The summed E-state index contributed by atoms with van der Waals surface area (Å²) >= 11 is 2.69. The number of ether oxygens (including phenoxy) is 1. The molecule has 150 valence electrons. The second-order valence-corrected chi connectivity index (χ2v) is 8.21. The maximum absolute atomic E-state index is 13.0. The van der Waals surface area contributed by atoms with Gasteiger partial charge in [-0.3, -0.25) is 9.69 Å². The van der Waals surface area contributed by atoms with E-state index < -0.39 is 5.97 Å². The van der Waals surface area contributed by atoms with Gasteiger partial charge in [0.25, 0.3) is 5.91 Å². The Kier molecular flexibility index (Phi) is 6.90. The van der Waals surface area contributed by atoms with Crippen LogP contribution in [0.15, 0.2) is 41.8 Å². The van der Waals surface area contributed by atoms with Crippen LogP contribution in [0, 0.1) is 13.8 Å². The van der Waals surface area contributed by atoms with E-state index in [1.165, 1.54) is 17.4 Å². The zero-order valence-electron chi connectivity index (χ0n) is 16.4. The summed E-state index contributed by atoms with van der Waals surface area (Å²) < 4.78 is 5.10. The Morgan fingerprint density at radius 2 is 1.93 bits per heavy atom. The van der Waals surface area contributed by atoms with Gasteiger partial charge in [-0.15, -0.1) is 11.3 Å². The van der Waals surface area contributed by atoms with Crippen LogP contribution in [0.4, 0.5) is 5.13 Å². The van der Waals surface area contributed by atoms with Crippen molar-refractivity contribution >= 4 is 45.8 Å². The normalized spacial score (nSPS) is 11.0. The molecule has 8 heteroatoms. The van der Waals surface area contributed by atoms with E-state index in [4.69, 9.17) is 4.74 Å². The fraction of sp³-hybridized carbons (Fsp3) is 0.238. The number of amides is 1. The highest BCUT2D eigenvalue weighted by atomic mass is 32.1. The molecule has 0 aliphatic heterocycles. The van der Waals surface area contributed by atoms with Gasteiger partial charge in [-0.05, 0) is 32.4 Å². The van der Waals surface area contributed by atoms with Crippen molar-refractivity contribution in [2.24, 2.45) is 0 Å². The fourth-order valence-electron chi connectivity index (χ4n) is 2.59. The lowest BCUT2D eigenvalue weighted by Gasteiger charge is -2.18. The Morgan fingerprint density at radius 3 is 2.59 bits per heavy atom. The Balaban J connectivity index is 1.90. The Hall–Kier alpha value is -2.84. The molecule has 0 fully saturated rings. The highest BCUT2D eigenvalue weighted by molar-refractivity contribution is 7.17. The molecule has 0 spiro atoms. The maximum Gasteiger partial charge on any atom is 0.350 e. The van der Waals surface area contributed by atoms with Gasteiger partial charge in [0.1, 0.15) is 4.88 Å². The number of carbonyl (C=O) groups is 2. The first kappa shape index (κ1) is 20.9. The first-order valence-electron chi connectivity index (χ1n) is 9.08. The first-order chi connectivity index (χ1) is 14.0. The highest BCUT2D eigenvalue weighted by Gasteiger charge is 2.23. The lowest BCUT2D eigenvalue weighted by atomic mass is 10.2. The molecule has 3 aromatic rings. The summed E-state index contributed by atoms with van der Waals surface area (Å²) in [6.45, 7) is 6.04. The van der Waals surface area contributed by atoms with Crippen molar-refractivity contribution < 1.29 is 14.3 Å². The van der Waals surface area contributed by atoms with Crippen molar-refractivity contribution in [3.05, 3.63) is 68.6 Å². The number of thiazole rings is 2. The molecule has 0 bridgehead atoms. The molecule has 6 nitrogen and oxygen atoms in total. The Morgan fingerprint density at radius 1 is 1.17 bits per heavy atom. The van der Waals surface area contributed by atoms with Crippen LogP contribution >= 0.6 is 22.7 Å². The third-order valence-electron chi connectivity index (χ3n) is 3.96. The van der Waals surface area contributed by atoms with Crippen molar-refractivity contribution in [2.75, 3.05) is 11.5 Å². The van der Waals surface area contributed by atoms with Crippen molar-refractivity contribution in [1.29, 1.82) is 0 Å². The van der Waals surface area contributed by atoms with Crippen LogP contribution < -0.4 is 4.90 Å². The molecule has 29 heavy (non-hydrogen) atoms. The van der Waals surface area contributed by atoms with E-state index in [0.29, 0.717) is 22.2 Å². The third-order valence-corrected chi connectivity index (χ3v) is 5.91. The molecule has 0 N–H and O–H groups in total. The van der Waals surface area contributed by atoms with E-state index in [9.17, 15) is 9.59 Å². The Bertz CT molecular complexity index is 1020. The molecule has 0 saturated heterocycles. The summed E-state index contributed by atoms with van der Waals surface area (Å²) in [6.07, 6.45) is 3.18. The lowest BCUT2D eigenvalue weighted by Crippen LogP contribution is -2.28. The summed E-state index contributed by atoms with van der Waals surface area (Å²) in [6, 6.07) is 9.65. The van der Waals surface area contributed by atoms with Crippen LogP contribution in [-0.4, -0.2) is 28.5 Å². The number of aryl methyl sites for hydroxylation is 2. The first-order valence-corrected chi connectivity index (χ1v) is 10.8. The predicted octanol–water partition coefficient (Wildman–Crippen LogP) is 4.64. The second-order valence-electron chi connectivity index (χ2n) is 6.17. The summed E-state index contributed by atoms with van der Waals surface area (Å²) in [5.74, 6) is -0.655. The van der Waals surface area contributed by atoms with E-state index in [0.717, 1.165) is 27.6 Å². The number of hydrogen-bond donors (Lipinski definition) is 0. The monoisotopic (exact) mass is 427 g/mol. The molecule has 0 unspecified atom stereocenters. The van der Waals surface area contributed by atoms with Gasteiger partial charge in [0.05, 0.1) is 29.5 Å². The van der Waals surface area contributed by atoms with Crippen molar-refractivity contribution in [3.63, 3.8) is 0 Å². The quantitative estimate of drug-likeness (QED) is 0.406. The minimum atomic E-state index is -0.422. The summed E-state index contributed by atoms with van der Waals surface area (Å²) in [5, 5.41) is 3.29. The molecule has 2 heterocycles. The number of carbonyl (C=O) groups excluding carboxylic acids is 2. The minimum Gasteiger partial charge on any atom is -0.462 e. The maximum atomic E-state index is 13.0. The number of anilines is 1. The van der Waals surface area contributed by atoms with E-state index in [1.807, 2.05) is 42.6 Å². The largest absolute Gasteiger partial charge is 0.462 e. The minimum absolute atomic E-state index is 0.233. The van der Waals surface area contributed by atoms with Gasteiger partial charge in [-0.2, -0.15) is 0 Å². The van der Waals surface area contributed by atoms with Crippen LogP contribution in [0.1, 0.15) is 38.6 Å². The van der Waals surface area contributed by atoms with Crippen molar-refractivity contribution in [2.45, 2.75) is 27.3 Å². The van der Waals surface area contributed by atoms with E-state index >= 15 is 0 Å². The SMILES string of the molecule is CCOC(=O)c1sc(N(Cc2ccccc2)C(=O)/C=C/c2csc(C)n2)nc1C. The highest BCUT2D eigenvalue weighted by Crippen LogP contribution is 2.28. The zero-order valence-corrected chi connectivity index (χ0v) is 18.0. The van der Waals surface area contributed by atoms with Gasteiger partial charge in [0.15, 0.2) is 5.13 Å². The van der Waals surface area contributed by atoms with Gasteiger partial charge >= 0.3 is 5.97 Å². The molecule has 0 saturated carbocycles. The zero-order chi connectivity index (χ0) is 20.8. The van der Waals surface area contributed by atoms with E-state index in [-0.39, 0.29) is 12.5 Å². The van der Waals surface area contributed by atoms with Crippen LogP contribution in [0.25, 0.3) is 6.08 Å². The number of nitrogens with zero attached hydrogens (tertiary/aromatic N) is 3. The van der Waals surface area contributed by atoms with Crippen LogP contribution in [0.5, 0.6) is 0 Å². The van der Waals surface area contributed by atoms with Crippen molar-refractivity contribution in [1.82, 2.24) is 9.97 Å². The molecule has 1 amide bonds. The van der Waals surface area contributed by atoms with Gasteiger partial charge in [-0.25, -0.2) is 14.8 Å². The number of rotatable bonds is 7. The van der Waals surface area contributed by atoms with Gasteiger partial charge in [0, 0.05) is 11.5 Å². The molecule has 1 aromatic carbocycles. The smallest absolute Gasteiger partial charge is 0.350 e. The van der Waals surface area contributed by atoms with Gasteiger partial charge in [0.2, 0.25) is 0 Å². The molecule has 3 rings (SSSR count). The molecular formula is C21H21N3O3S2. The topological polar surface area (TPSA) is 72.4 Å². The molecule has 0 radical (unpaired) electrons. The summed E-state index contributed by atoms with van der Waals surface area (Å²) in [5.41, 5.74) is 2.25. The number of hydrogen-bond acceptors (Lipinski definition) is 7. The Labute approximate surface area is 177 Å². The van der Waals surface area contributed by atoms with Crippen molar-refractivity contribution in [3.8, 4) is 0 Å². The molecule has 0 aliphatic rings. The average molecular weight is 428 g/mol. The summed E-state index contributed by atoms with van der Waals surface area (Å²) in [4.78, 5) is 36.0. The number of aromatic nitrogens is 2. The number of benzene rings is 1. The van der Waals surface area contributed by atoms with E-state index in [2.05, 4.69) is 9.97 Å². The molecule has 0 aliphatic carbocycles. The van der Waals surface area contributed by atoms with Crippen LogP contribution in [0.2, 0.25) is 0 Å². The van der Waals surface area contributed by atoms with Crippen LogP contribution in [0.3, 0.4) is 0 Å². The standard InChI is InChI=1S/C21H21N3O3S2/c1-4-27-20(26)19-14(2)22-21(29-19)24(12-16-8-6-5-7-9-16)18(25)11-10-17-13-28-15(3)23-17/h5-11,13H,4,12H2,1-3H3/b11-10+. The average Bonchev–Trinajstić information content (AvgIpc) is 3.30. The lowest BCUT2D eigenvalue weighted by molar-refractivity contribution is -0.114. The molecule has 2 aromatic heterocycles. The third kappa shape index (κ3) is 5.36. The second kappa shape index (κ2) is 9.58. The summed E-state index contributed by atoms with van der Waals surface area (Å²) in [7, 11) is 0. The fourth-order valence-corrected chi connectivity index (χ4v) is 4.14. The number of esters is 1. The van der Waals surface area contributed by atoms with Gasteiger partial charge in [-0.1, -0.05) is 41.7 Å². The van der Waals surface area contributed by atoms with Crippen LogP contribution in [-0.2, 0) is 16.1 Å². The molecule has 0 atom stereocenters.